The van der Waals surface area contributed by atoms with Crippen LogP contribution in [0.2, 0.25) is 5.02 Å². The molecule has 0 spiro atoms. The number of hydrogen-bond donors (Lipinski definition) is 1. The molecule has 0 saturated heterocycles. The lowest BCUT2D eigenvalue weighted by atomic mass is 10.0. The molecule has 190 valence electrons. The predicted molar refractivity (Wildman–Crippen MR) is 132 cm³/mol. The molecule has 37 heavy (non-hydrogen) atoms. The standard InChI is InChI=1S/C28H21ClF3NO4/c29-22-10-9-20(28(30,31)32)14-23(22)33-27(35)26(16-5-2-1-3-6-16)37-25(34)13-19-15-36-24-12-18-8-4-7-17(18)11-21(19)24/h1-3,5-6,9-12,14-15,26H,4,7-8,13H2,(H,33,35)/t26-/m0/s1. The van der Waals surface area contributed by atoms with Crippen LogP contribution in [0.3, 0.4) is 0 Å². The zero-order valence-electron chi connectivity index (χ0n) is 19.4. The van der Waals surface area contributed by atoms with E-state index in [2.05, 4.69) is 5.32 Å². The van der Waals surface area contributed by atoms with Crippen LogP contribution < -0.4 is 5.32 Å². The number of anilines is 1. The van der Waals surface area contributed by atoms with Gasteiger partial charge in [0.15, 0.2) is 0 Å². The molecule has 0 radical (unpaired) electrons. The van der Waals surface area contributed by atoms with Crippen molar-refractivity contribution in [1.29, 1.82) is 0 Å². The summed E-state index contributed by atoms with van der Waals surface area (Å²) in [4.78, 5) is 26.1. The molecule has 4 aromatic rings. The highest BCUT2D eigenvalue weighted by Gasteiger charge is 2.32. The molecule has 0 saturated carbocycles. The maximum atomic E-state index is 13.2. The number of nitrogens with one attached hydrogen (secondary N) is 1. The van der Waals surface area contributed by atoms with Gasteiger partial charge in [-0.1, -0.05) is 41.9 Å². The highest BCUT2D eigenvalue weighted by Crippen LogP contribution is 2.35. The van der Waals surface area contributed by atoms with Crippen molar-refractivity contribution >= 4 is 40.1 Å². The fraction of sp³-hybridized carbons (Fsp3) is 0.214. The first-order valence-corrected chi connectivity index (χ1v) is 12.0. The topological polar surface area (TPSA) is 68.5 Å². The summed E-state index contributed by atoms with van der Waals surface area (Å²) in [6.45, 7) is 0. The highest BCUT2D eigenvalue weighted by molar-refractivity contribution is 6.33. The number of alkyl halides is 3. The molecule has 5 rings (SSSR count). The summed E-state index contributed by atoms with van der Waals surface area (Å²) < 4.78 is 50.7. The number of benzene rings is 3. The van der Waals surface area contributed by atoms with E-state index < -0.39 is 29.7 Å². The Labute approximate surface area is 215 Å². The Morgan fingerprint density at radius 1 is 1.03 bits per heavy atom. The number of furan rings is 1. The number of carbonyl (C=O) groups is 2. The number of rotatable bonds is 6. The van der Waals surface area contributed by atoms with Gasteiger partial charge in [-0.05, 0) is 60.7 Å². The molecule has 0 unspecified atom stereocenters. The summed E-state index contributed by atoms with van der Waals surface area (Å²) in [5.41, 5.74) is 2.91. The number of halogens is 4. The molecular weight excluding hydrogens is 507 g/mol. The average Bonchev–Trinajstić information content (AvgIpc) is 3.48. The molecular formula is C28H21ClF3NO4. The van der Waals surface area contributed by atoms with Crippen molar-refractivity contribution in [3.05, 3.63) is 99.8 Å². The van der Waals surface area contributed by atoms with Crippen LogP contribution in [0.25, 0.3) is 11.0 Å². The summed E-state index contributed by atoms with van der Waals surface area (Å²) in [6.07, 6.45) is -1.65. The summed E-state index contributed by atoms with van der Waals surface area (Å²) in [5, 5.41) is 3.10. The van der Waals surface area contributed by atoms with Gasteiger partial charge < -0.3 is 14.5 Å². The largest absolute Gasteiger partial charge is 0.464 e. The second-order valence-electron chi connectivity index (χ2n) is 8.87. The van der Waals surface area contributed by atoms with Crippen LogP contribution >= 0.6 is 11.6 Å². The van der Waals surface area contributed by atoms with Gasteiger partial charge in [-0.2, -0.15) is 13.2 Å². The molecule has 1 aliphatic rings. The molecule has 0 bridgehead atoms. The maximum Gasteiger partial charge on any atom is 0.416 e. The Bertz CT molecular complexity index is 1480. The molecule has 1 heterocycles. The van der Waals surface area contributed by atoms with E-state index in [1.165, 1.54) is 17.4 Å². The molecule has 1 aliphatic carbocycles. The van der Waals surface area contributed by atoms with Crippen LogP contribution in [-0.2, 0) is 39.8 Å². The van der Waals surface area contributed by atoms with Crippen molar-refractivity contribution in [1.82, 2.24) is 0 Å². The second-order valence-corrected chi connectivity index (χ2v) is 9.28. The van der Waals surface area contributed by atoms with E-state index in [-0.39, 0.29) is 17.1 Å². The minimum Gasteiger partial charge on any atom is -0.464 e. The van der Waals surface area contributed by atoms with Crippen LogP contribution in [-0.4, -0.2) is 11.9 Å². The maximum absolute atomic E-state index is 13.2. The first-order valence-electron chi connectivity index (χ1n) is 11.6. The number of fused-ring (bicyclic) bond motifs is 2. The molecule has 1 atom stereocenters. The number of ether oxygens (including phenoxy) is 1. The fourth-order valence-corrected chi connectivity index (χ4v) is 4.67. The third kappa shape index (κ3) is 5.34. The number of hydrogen-bond acceptors (Lipinski definition) is 4. The molecule has 5 nitrogen and oxygen atoms in total. The molecule has 0 aliphatic heterocycles. The van der Waals surface area contributed by atoms with Crippen LogP contribution in [0.1, 0.15) is 40.3 Å². The lowest BCUT2D eigenvalue weighted by Crippen LogP contribution is -2.26. The number of aryl methyl sites for hydroxylation is 2. The predicted octanol–water partition coefficient (Wildman–Crippen LogP) is 7.06. The monoisotopic (exact) mass is 527 g/mol. The van der Waals surface area contributed by atoms with Crippen LogP contribution in [0.15, 0.2) is 71.3 Å². The van der Waals surface area contributed by atoms with E-state index in [1.54, 1.807) is 30.3 Å². The Kier molecular flexibility index (Phi) is 6.69. The number of esters is 1. The Hall–Kier alpha value is -3.78. The lowest BCUT2D eigenvalue weighted by Gasteiger charge is -2.19. The average molecular weight is 528 g/mol. The van der Waals surface area contributed by atoms with Crippen LogP contribution in [0.5, 0.6) is 0 Å². The first kappa shape index (κ1) is 24.9. The SMILES string of the molecule is O=C(Cc1coc2cc3c(cc12)CCC3)O[C@H](C(=O)Nc1cc(C(F)(F)F)ccc1Cl)c1ccccc1. The zero-order chi connectivity index (χ0) is 26.2. The summed E-state index contributed by atoms with van der Waals surface area (Å²) in [6, 6.07) is 14.8. The van der Waals surface area contributed by atoms with Crippen molar-refractivity contribution in [2.75, 3.05) is 5.32 Å². The van der Waals surface area contributed by atoms with Gasteiger partial charge >= 0.3 is 12.1 Å². The molecule has 1 amide bonds. The molecule has 1 aromatic heterocycles. The third-order valence-corrected chi connectivity index (χ3v) is 6.67. The lowest BCUT2D eigenvalue weighted by molar-refractivity contribution is -0.154. The summed E-state index contributed by atoms with van der Waals surface area (Å²) in [7, 11) is 0. The van der Waals surface area contributed by atoms with Gasteiger partial charge in [0, 0.05) is 16.5 Å². The quantitative estimate of drug-likeness (QED) is 0.273. The Balaban J connectivity index is 1.38. The second kappa shape index (κ2) is 9.94. The highest BCUT2D eigenvalue weighted by atomic mass is 35.5. The van der Waals surface area contributed by atoms with Crippen molar-refractivity contribution in [2.24, 2.45) is 0 Å². The van der Waals surface area contributed by atoms with Gasteiger partial charge in [0.2, 0.25) is 6.10 Å². The first-order chi connectivity index (χ1) is 17.7. The van der Waals surface area contributed by atoms with E-state index >= 15 is 0 Å². The van der Waals surface area contributed by atoms with Gasteiger partial charge in [-0.3, -0.25) is 9.59 Å². The van der Waals surface area contributed by atoms with E-state index in [1.807, 2.05) is 12.1 Å². The molecule has 0 fully saturated rings. The number of amides is 1. The van der Waals surface area contributed by atoms with Crippen molar-refractivity contribution in [2.45, 2.75) is 38.0 Å². The Morgan fingerprint density at radius 2 is 1.76 bits per heavy atom. The van der Waals surface area contributed by atoms with E-state index in [9.17, 15) is 22.8 Å². The van der Waals surface area contributed by atoms with Gasteiger partial charge in [0.1, 0.15) is 5.58 Å². The van der Waals surface area contributed by atoms with E-state index in [4.69, 9.17) is 20.8 Å². The Morgan fingerprint density at radius 3 is 2.49 bits per heavy atom. The van der Waals surface area contributed by atoms with Crippen molar-refractivity contribution < 1.29 is 31.9 Å². The van der Waals surface area contributed by atoms with Gasteiger partial charge in [0.25, 0.3) is 5.91 Å². The minimum atomic E-state index is -4.62. The third-order valence-electron chi connectivity index (χ3n) is 6.34. The molecule has 9 heteroatoms. The van der Waals surface area contributed by atoms with Crippen molar-refractivity contribution in [3.63, 3.8) is 0 Å². The minimum absolute atomic E-state index is 0.0862. The van der Waals surface area contributed by atoms with Crippen molar-refractivity contribution in [3.8, 4) is 0 Å². The molecule has 3 aromatic carbocycles. The van der Waals surface area contributed by atoms with Gasteiger partial charge in [-0.25, -0.2) is 0 Å². The van der Waals surface area contributed by atoms with E-state index in [0.29, 0.717) is 16.7 Å². The smallest absolute Gasteiger partial charge is 0.416 e. The zero-order valence-corrected chi connectivity index (χ0v) is 20.2. The van der Waals surface area contributed by atoms with Gasteiger partial charge in [0.05, 0.1) is 29.0 Å². The van der Waals surface area contributed by atoms with Crippen LogP contribution in [0, 0.1) is 0 Å². The van der Waals surface area contributed by atoms with E-state index in [0.717, 1.165) is 42.8 Å². The van der Waals surface area contributed by atoms with Crippen LogP contribution in [0.4, 0.5) is 18.9 Å². The summed E-state index contributed by atoms with van der Waals surface area (Å²) in [5.74, 6) is -1.53. The fourth-order valence-electron chi connectivity index (χ4n) is 4.51. The molecule has 1 N–H and O–H groups in total. The normalized spacial score (nSPS) is 13.8. The van der Waals surface area contributed by atoms with Gasteiger partial charge in [-0.15, -0.1) is 0 Å². The number of carbonyl (C=O) groups excluding carboxylic acids is 2. The summed E-state index contributed by atoms with van der Waals surface area (Å²) >= 11 is 6.04.